The van der Waals surface area contributed by atoms with Crippen LogP contribution in [0.25, 0.3) is 0 Å². The van der Waals surface area contributed by atoms with Crippen LogP contribution in [0.3, 0.4) is 0 Å². The number of methoxy groups -OCH3 is 1. The van der Waals surface area contributed by atoms with E-state index in [-0.39, 0.29) is 11.3 Å². The number of nitrogens with one attached hydrogen (secondary N) is 1. The molecule has 0 bridgehead atoms. The molecule has 2 aromatic rings. The molecule has 0 atom stereocenters. The lowest BCUT2D eigenvalue weighted by atomic mass is 9.73. The van der Waals surface area contributed by atoms with Crippen LogP contribution in [-0.4, -0.2) is 32.8 Å². The highest BCUT2D eigenvalue weighted by Crippen LogP contribution is 2.39. The van der Waals surface area contributed by atoms with Crippen molar-refractivity contribution in [3.8, 4) is 5.75 Å². The molecule has 1 aromatic carbocycles. The summed E-state index contributed by atoms with van der Waals surface area (Å²) in [5.41, 5.74) is 0.946. The minimum absolute atomic E-state index is 0.0901. The van der Waals surface area contributed by atoms with Crippen LogP contribution in [0, 0.1) is 0 Å². The first-order valence-electron chi connectivity index (χ1n) is 7.89. The normalized spacial score (nSPS) is 16.6. The summed E-state index contributed by atoms with van der Waals surface area (Å²) in [6, 6.07) is 11.5. The number of carbonyl (C=O) groups is 1. The number of thiophene rings is 1. The van der Waals surface area contributed by atoms with Crippen LogP contribution in [0.15, 0.2) is 36.4 Å². The third-order valence-electron chi connectivity index (χ3n) is 4.51. The minimum Gasteiger partial charge on any atom is -0.496 e. The van der Waals surface area contributed by atoms with E-state index in [0.717, 1.165) is 24.2 Å². The number of halogens is 1. The molecule has 0 saturated carbocycles. The van der Waals surface area contributed by atoms with Gasteiger partial charge >= 0.3 is 0 Å². The number of hydrogen-bond donors (Lipinski definition) is 1. The number of para-hydroxylation sites is 1. The number of rotatable bonds is 5. The third-order valence-corrected chi connectivity index (χ3v) is 5.74. The molecule has 1 aliphatic heterocycles. The van der Waals surface area contributed by atoms with E-state index in [9.17, 15) is 4.79 Å². The summed E-state index contributed by atoms with van der Waals surface area (Å²) in [6.45, 7) is 1.91. The fourth-order valence-electron chi connectivity index (χ4n) is 3.16. The maximum absolute atomic E-state index is 12.4. The first-order valence-corrected chi connectivity index (χ1v) is 9.09. The van der Waals surface area contributed by atoms with E-state index in [1.807, 2.05) is 18.2 Å². The second-order valence-corrected chi connectivity index (χ2v) is 7.59. The summed E-state index contributed by atoms with van der Waals surface area (Å²) in [6.07, 6.45) is 1.69. The average molecular weight is 366 g/mol. The molecule has 128 valence electrons. The molecule has 1 aromatic heterocycles. The maximum Gasteiger partial charge on any atom is 0.261 e. The molecule has 1 aliphatic rings. The topological polar surface area (TPSA) is 47.6 Å². The van der Waals surface area contributed by atoms with Crippen molar-refractivity contribution in [1.29, 1.82) is 0 Å². The molecule has 0 radical (unpaired) electrons. The molecule has 0 spiro atoms. The first-order chi connectivity index (χ1) is 11.6. The number of hydrogen-bond acceptors (Lipinski definition) is 4. The monoisotopic (exact) mass is 365 g/mol. The smallest absolute Gasteiger partial charge is 0.261 e. The van der Waals surface area contributed by atoms with Gasteiger partial charge in [-0.3, -0.25) is 4.79 Å². The van der Waals surface area contributed by atoms with Crippen molar-refractivity contribution in [3.05, 3.63) is 51.2 Å². The summed E-state index contributed by atoms with van der Waals surface area (Å²) in [5.74, 6) is 0.764. The van der Waals surface area contributed by atoms with Gasteiger partial charge in [0.25, 0.3) is 5.91 Å². The number of carbonyl (C=O) groups excluding carboxylic acids is 1. The summed E-state index contributed by atoms with van der Waals surface area (Å²) in [7, 11) is 1.68. The molecule has 6 heteroatoms. The molecule has 1 amide bonds. The minimum atomic E-state index is -0.179. The van der Waals surface area contributed by atoms with Gasteiger partial charge in [-0.1, -0.05) is 29.8 Å². The fourth-order valence-corrected chi connectivity index (χ4v) is 4.12. The largest absolute Gasteiger partial charge is 0.496 e. The Morgan fingerprint density at radius 3 is 2.71 bits per heavy atom. The van der Waals surface area contributed by atoms with Gasteiger partial charge in [-0.25, -0.2) is 0 Å². The summed E-state index contributed by atoms with van der Waals surface area (Å²) in [4.78, 5) is 13.0. The van der Waals surface area contributed by atoms with Crippen molar-refractivity contribution < 1.29 is 14.3 Å². The zero-order valence-electron chi connectivity index (χ0n) is 13.5. The lowest BCUT2D eigenvalue weighted by Gasteiger charge is -2.38. The van der Waals surface area contributed by atoms with E-state index in [4.69, 9.17) is 21.1 Å². The van der Waals surface area contributed by atoms with Crippen molar-refractivity contribution >= 4 is 28.8 Å². The van der Waals surface area contributed by atoms with Gasteiger partial charge < -0.3 is 14.8 Å². The molecule has 3 rings (SSSR count). The lowest BCUT2D eigenvalue weighted by Crippen LogP contribution is -2.44. The lowest BCUT2D eigenvalue weighted by molar-refractivity contribution is 0.0479. The van der Waals surface area contributed by atoms with Crippen molar-refractivity contribution in [2.75, 3.05) is 26.9 Å². The first kappa shape index (κ1) is 17.3. The molecule has 2 heterocycles. The second kappa shape index (κ2) is 7.55. The summed E-state index contributed by atoms with van der Waals surface area (Å²) < 4.78 is 11.7. The molecule has 4 nitrogen and oxygen atoms in total. The molecule has 0 unspecified atom stereocenters. The molecule has 24 heavy (non-hydrogen) atoms. The summed E-state index contributed by atoms with van der Waals surface area (Å²) in [5, 5.41) is 3.07. The van der Waals surface area contributed by atoms with Crippen LogP contribution in [0.2, 0.25) is 4.34 Å². The van der Waals surface area contributed by atoms with Gasteiger partial charge in [-0.05, 0) is 31.0 Å². The Labute approximate surface area is 150 Å². The fraction of sp³-hybridized carbons (Fsp3) is 0.389. The maximum atomic E-state index is 12.4. The van der Waals surface area contributed by atoms with Crippen molar-refractivity contribution in [2.24, 2.45) is 0 Å². The highest BCUT2D eigenvalue weighted by molar-refractivity contribution is 7.17. The highest BCUT2D eigenvalue weighted by Gasteiger charge is 2.37. The Morgan fingerprint density at radius 1 is 1.29 bits per heavy atom. The average Bonchev–Trinajstić information content (AvgIpc) is 3.07. The van der Waals surface area contributed by atoms with Crippen LogP contribution in [0.1, 0.15) is 28.1 Å². The highest BCUT2D eigenvalue weighted by atomic mass is 35.5. The van der Waals surface area contributed by atoms with Gasteiger partial charge in [0.15, 0.2) is 0 Å². The third kappa shape index (κ3) is 3.58. The van der Waals surface area contributed by atoms with Gasteiger partial charge in [0, 0.05) is 30.7 Å². The Hall–Kier alpha value is -1.56. The number of amides is 1. The zero-order valence-corrected chi connectivity index (χ0v) is 15.1. The Morgan fingerprint density at radius 2 is 2.04 bits per heavy atom. The van der Waals surface area contributed by atoms with Crippen LogP contribution < -0.4 is 10.1 Å². The SMILES string of the molecule is COc1ccccc1C1(CNC(=O)c2ccc(Cl)s2)CCOCC1. The molecular weight excluding hydrogens is 346 g/mol. The standard InChI is InChI=1S/C18H20ClNO3S/c1-22-14-5-3-2-4-13(14)18(8-10-23-11-9-18)12-20-17(21)15-6-7-16(19)24-15/h2-7H,8-12H2,1H3,(H,20,21). The van der Waals surface area contributed by atoms with Crippen LogP contribution in [0.5, 0.6) is 5.75 Å². The van der Waals surface area contributed by atoms with Crippen LogP contribution >= 0.6 is 22.9 Å². The molecular formula is C18H20ClNO3S. The van der Waals surface area contributed by atoms with Crippen molar-refractivity contribution in [3.63, 3.8) is 0 Å². The van der Waals surface area contributed by atoms with Crippen molar-refractivity contribution in [2.45, 2.75) is 18.3 Å². The van der Waals surface area contributed by atoms with Crippen molar-refractivity contribution in [1.82, 2.24) is 5.32 Å². The number of benzene rings is 1. The Kier molecular flexibility index (Phi) is 5.43. The predicted octanol–water partition coefficient (Wildman–Crippen LogP) is 3.89. The van der Waals surface area contributed by atoms with E-state index in [2.05, 4.69) is 11.4 Å². The van der Waals surface area contributed by atoms with Crippen LogP contribution in [-0.2, 0) is 10.2 Å². The van der Waals surface area contributed by atoms with E-state index in [1.165, 1.54) is 11.3 Å². The Bertz CT molecular complexity index is 710. The second-order valence-electron chi connectivity index (χ2n) is 5.88. The van der Waals surface area contributed by atoms with Gasteiger partial charge in [-0.2, -0.15) is 0 Å². The molecule has 1 N–H and O–H groups in total. The number of ether oxygens (including phenoxy) is 2. The summed E-state index contributed by atoms with van der Waals surface area (Å²) >= 11 is 7.21. The van der Waals surface area contributed by atoms with E-state index in [0.29, 0.717) is 29.0 Å². The van der Waals surface area contributed by atoms with Gasteiger partial charge in [-0.15, -0.1) is 11.3 Å². The van der Waals surface area contributed by atoms with Crippen LogP contribution in [0.4, 0.5) is 0 Å². The van der Waals surface area contributed by atoms with E-state index >= 15 is 0 Å². The Balaban J connectivity index is 1.82. The van der Waals surface area contributed by atoms with E-state index in [1.54, 1.807) is 19.2 Å². The quantitative estimate of drug-likeness (QED) is 0.874. The predicted molar refractivity (Wildman–Crippen MR) is 96.4 cm³/mol. The van der Waals surface area contributed by atoms with Gasteiger partial charge in [0.05, 0.1) is 16.3 Å². The zero-order chi connectivity index (χ0) is 17.0. The molecule has 1 saturated heterocycles. The van der Waals surface area contributed by atoms with Gasteiger partial charge in [0.2, 0.25) is 0 Å². The molecule has 1 fully saturated rings. The van der Waals surface area contributed by atoms with E-state index < -0.39 is 0 Å². The molecule has 0 aliphatic carbocycles. The van der Waals surface area contributed by atoms with Gasteiger partial charge in [0.1, 0.15) is 5.75 Å².